The molecule has 6 nitrogen and oxygen atoms in total. The molecule has 1 aromatic carbocycles. The second kappa shape index (κ2) is 6.98. The van der Waals surface area contributed by atoms with Gasteiger partial charge in [0.25, 0.3) is 0 Å². The summed E-state index contributed by atoms with van der Waals surface area (Å²) in [5.74, 6) is 1.60. The third kappa shape index (κ3) is 3.22. The molecule has 0 radical (unpaired) electrons. The number of pyridine rings is 1. The molecule has 1 aliphatic heterocycles. The highest BCUT2D eigenvalue weighted by atomic mass is 35.5. The number of aromatic amines is 1. The summed E-state index contributed by atoms with van der Waals surface area (Å²) in [7, 11) is -1.31. The molecule has 26 heavy (non-hydrogen) atoms. The van der Waals surface area contributed by atoms with E-state index in [1.807, 2.05) is 34.6 Å². The molecule has 2 unspecified atom stereocenters. The lowest BCUT2D eigenvalue weighted by molar-refractivity contribution is 0.320. The number of H-pyrrole nitrogens is 1. The van der Waals surface area contributed by atoms with Crippen LogP contribution >= 0.6 is 11.6 Å². The Balaban J connectivity index is 1.65. The van der Waals surface area contributed by atoms with E-state index in [2.05, 4.69) is 26.8 Å². The second-order valence-electron chi connectivity index (χ2n) is 6.55. The molecule has 2 aromatic heterocycles. The third-order valence-corrected chi connectivity index (χ3v) is 6.38. The minimum Gasteiger partial charge on any atom is -0.353 e. The first-order valence-corrected chi connectivity index (χ1v) is 10.6. The highest BCUT2D eigenvalue weighted by Gasteiger charge is 2.30. The number of piperazine rings is 1. The maximum atomic E-state index is 11.8. The number of aromatic nitrogens is 3. The number of imidazole rings is 1. The molecule has 0 spiro atoms. The summed E-state index contributed by atoms with van der Waals surface area (Å²) < 4.78 is 13.9. The van der Waals surface area contributed by atoms with Crippen molar-refractivity contribution in [2.45, 2.75) is 13.0 Å². The van der Waals surface area contributed by atoms with Gasteiger partial charge in [0.1, 0.15) is 28.9 Å². The minimum absolute atomic E-state index is 0.212. The lowest BCUT2D eigenvalue weighted by Gasteiger charge is -2.36. The van der Waals surface area contributed by atoms with Crippen molar-refractivity contribution in [3.8, 4) is 11.4 Å². The topological polar surface area (TPSA) is 65.1 Å². The summed E-state index contributed by atoms with van der Waals surface area (Å²) in [6.07, 6.45) is 3.44. The summed E-state index contributed by atoms with van der Waals surface area (Å²) in [6.45, 7) is 4.42. The number of fused-ring (bicyclic) bond motifs is 1. The Labute approximate surface area is 159 Å². The molecule has 1 N–H and O–H groups in total. The van der Waals surface area contributed by atoms with Crippen molar-refractivity contribution >= 4 is 39.4 Å². The quantitative estimate of drug-likeness (QED) is 0.551. The molecule has 8 heteroatoms. The standard InChI is InChI=1S/C18H20ClN5OS/c1-12-11-23(7-8-24(12)26(2)25)17-9-13(14(19)10-20-17)18-21-15-5-3-4-6-16(15)22-18/h3-6,9-10,12H,7-8,11H2,1-2H3,(H,21,22)/p+1. The third-order valence-electron chi connectivity index (χ3n) is 4.76. The van der Waals surface area contributed by atoms with Crippen LogP contribution in [0.5, 0.6) is 0 Å². The molecule has 0 amide bonds. The van der Waals surface area contributed by atoms with Crippen LogP contribution < -0.4 is 4.90 Å². The number of rotatable bonds is 3. The van der Waals surface area contributed by atoms with Crippen molar-refractivity contribution < 1.29 is 4.21 Å². The Kier molecular flexibility index (Phi) is 4.69. The van der Waals surface area contributed by atoms with Crippen LogP contribution in [0, 0.1) is 0 Å². The molecule has 0 bridgehead atoms. The van der Waals surface area contributed by atoms with Gasteiger partial charge in [-0.05, 0) is 25.1 Å². The molecule has 2 atom stereocenters. The van der Waals surface area contributed by atoms with Gasteiger partial charge in [-0.15, -0.1) is 4.31 Å². The second-order valence-corrected chi connectivity index (χ2v) is 8.40. The van der Waals surface area contributed by atoms with Gasteiger partial charge in [0.2, 0.25) is 0 Å². The summed E-state index contributed by atoms with van der Waals surface area (Å²) in [5.41, 5.74) is 2.72. The largest absolute Gasteiger partial charge is 0.353 e. The smallest absolute Gasteiger partial charge is 0.142 e. The Morgan fingerprint density at radius 3 is 2.85 bits per heavy atom. The molecule has 0 aliphatic carbocycles. The average Bonchev–Trinajstić information content (AvgIpc) is 3.05. The SMILES string of the molecule is CC1CN(c2cc(-c3nc4ccccc4[nH]3)c(Cl)cn2)CCN1[SH+](C)=O. The van der Waals surface area contributed by atoms with E-state index in [0.29, 0.717) is 5.02 Å². The molecular formula is C18H21ClN5OS+. The highest BCUT2D eigenvalue weighted by molar-refractivity contribution is 7.81. The van der Waals surface area contributed by atoms with E-state index in [4.69, 9.17) is 11.6 Å². The number of hydrogen-bond donors (Lipinski definition) is 1. The molecule has 3 aromatic rings. The highest BCUT2D eigenvalue weighted by Crippen LogP contribution is 2.30. The van der Waals surface area contributed by atoms with Crippen molar-refractivity contribution in [2.24, 2.45) is 0 Å². The molecule has 1 saturated heterocycles. The van der Waals surface area contributed by atoms with Crippen molar-refractivity contribution in [1.82, 2.24) is 19.3 Å². The van der Waals surface area contributed by atoms with Gasteiger partial charge < -0.3 is 9.88 Å². The summed E-state index contributed by atoms with van der Waals surface area (Å²) >= 11 is 6.40. The van der Waals surface area contributed by atoms with Gasteiger partial charge in [0.15, 0.2) is 0 Å². The van der Waals surface area contributed by atoms with Gasteiger partial charge >= 0.3 is 0 Å². The number of nitrogens with zero attached hydrogens (tertiary/aromatic N) is 4. The van der Waals surface area contributed by atoms with Crippen LogP contribution in [0.3, 0.4) is 0 Å². The number of para-hydroxylation sites is 2. The van der Waals surface area contributed by atoms with E-state index in [1.165, 1.54) is 0 Å². The lowest BCUT2D eigenvalue weighted by atomic mass is 10.2. The predicted octanol–water partition coefficient (Wildman–Crippen LogP) is 3.03. The maximum Gasteiger partial charge on any atom is 0.142 e. The van der Waals surface area contributed by atoms with Gasteiger partial charge in [-0.2, -0.15) is 0 Å². The van der Waals surface area contributed by atoms with E-state index in [1.54, 1.807) is 12.5 Å². The first-order chi connectivity index (χ1) is 12.5. The van der Waals surface area contributed by atoms with Crippen LogP contribution in [0.25, 0.3) is 22.4 Å². The Hall–Kier alpha value is -1.96. The molecule has 1 fully saturated rings. The molecular weight excluding hydrogens is 370 g/mol. The normalized spacial score (nSPS) is 19.8. The van der Waals surface area contributed by atoms with Crippen LogP contribution in [0.15, 0.2) is 36.5 Å². The fourth-order valence-electron chi connectivity index (χ4n) is 3.44. The zero-order chi connectivity index (χ0) is 18.3. The van der Waals surface area contributed by atoms with E-state index >= 15 is 0 Å². The number of thiol groups is 1. The van der Waals surface area contributed by atoms with Crippen LogP contribution in [0.2, 0.25) is 5.02 Å². The fraction of sp³-hybridized carbons (Fsp3) is 0.333. The molecule has 3 heterocycles. The number of hydrogen-bond acceptors (Lipinski definition) is 4. The lowest BCUT2D eigenvalue weighted by Crippen LogP contribution is -2.52. The van der Waals surface area contributed by atoms with E-state index in [9.17, 15) is 4.21 Å². The first kappa shape index (κ1) is 17.5. The summed E-state index contributed by atoms with van der Waals surface area (Å²) in [5, 5.41) is 0.566. The summed E-state index contributed by atoms with van der Waals surface area (Å²) in [4.78, 5) is 14.7. The van der Waals surface area contributed by atoms with Gasteiger partial charge in [0, 0.05) is 24.8 Å². The van der Waals surface area contributed by atoms with Crippen molar-refractivity contribution in [1.29, 1.82) is 0 Å². The van der Waals surface area contributed by atoms with Gasteiger partial charge in [0.05, 0.1) is 28.6 Å². The Morgan fingerprint density at radius 1 is 1.31 bits per heavy atom. The van der Waals surface area contributed by atoms with Gasteiger partial charge in [-0.3, -0.25) is 0 Å². The van der Waals surface area contributed by atoms with Crippen LogP contribution in [0.1, 0.15) is 6.92 Å². The Bertz CT molecular complexity index is 942. The van der Waals surface area contributed by atoms with Crippen molar-refractivity contribution in [3.05, 3.63) is 41.6 Å². The molecule has 0 saturated carbocycles. The number of benzene rings is 1. The molecule has 4 rings (SSSR count). The predicted molar refractivity (Wildman–Crippen MR) is 108 cm³/mol. The van der Waals surface area contributed by atoms with Crippen LogP contribution in [-0.2, 0) is 15.2 Å². The number of nitrogens with one attached hydrogen (secondary N) is 1. The van der Waals surface area contributed by atoms with Gasteiger partial charge in [-0.25, -0.2) is 9.97 Å². The van der Waals surface area contributed by atoms with Crippen molar-refractivity contribution in [2.75, 3.05) is 30.8 Å². The van der Waals surface area contributed by atoms with Gasteiger partial charge in [-0.1, -0.05) is 27.9 Å². The minimum atomic E-state index is -1.31. The Morgan fingerprint density at radius 2 is 2.12 bits per heavy atom. The maximum absolute atomic E-state index is 11.8. The van der Waals surface area contributed by atoms with E-state index in [-0.39, 0.29) is 6.04 Å². The summed E-state index contributed by atoms with van der Waals surface area (Å²) in [6, 6.07) is 10.1. The number of halogens is 1. The number of anilines is 1. The van der Waals surface area contributed by atoms with E-state index < -0.39 is 11.0 Å². The van der Waals surface area contributed by atoms with Crippen LogP contribution in [0.4, 0.5) is 5.82 Å². The zero-order valence-corrected chi connectivity index (χ0v) is 16.3. The van der Waals surface area contributed by atoms with Crippen molar-refractivity contribution in [3.63, 3.8) is 0 Å². The molecule has 136 valence electrons. The average molecular weight is 391 g/mol. The van der Waals surface area contributed by atoms with E-state index in [0.717, 1.165) is 47.9 Å². The van der Waals surface area contributed by atoms with Crippen LogP contribution in [-0.4, -0.2) is 51.2 Å². The zero-order valence-electron chi connectivity index (χ0n) is 14.7. The first-order valence-electron chi connectivity index (χ1n) is 8.56. The fourth-order valence-corrected chi connectivity index (χ4v) is 4.63. The molecule has 1 aliphatic rings. The monoisotopic (exact) mass is 390 g/mol.